The molecule has 1 rings (SSSR count). The third-order valence-electron chi connectivity index (χ3n) is 2.70. The quantitative estimate of drug-likeness (QED) is 0.803. The molecule has 1 aromatic rings. The zero-order valence-electron chi connectivity index (χ0n) is 10.2. The molecular weight excluding hydrogens is 205 g/mol. The van der Waals surface area contributed by atoms with Crippen molar-refractivity contribution in [2.75, 3.05) is 13.7 Å². The second-order valence-corrected chi connectivity index (χ2v) is 4.00. The molecule has 0 aliphatic carbocycles. The van der Waals surface area contributed by atoms with Gasteiger partial charge < -0.3 is 10.1 Å². The van der Waals surface area contributed by atoms with Crippen molar-refractivity contribution < 1.29 is 9.13 Å². The summed E-state index contributed by atoms with van der Waals surface area (Å²) in [7, 11) is 1.69. The molecule has 0 saturated heterocycles. The molecule has 0 aliphatic rings. The van der Waals surface area contributed by atoms with Gasteiger partial charge in [-0.25, -0.2) is 4.39 Å². The molecule has 0 aliphatic heterocycles. The second-order valence-electron chi connectivity index (χ2n) is 4.00. The number of benzene rings is 1. The molecule has 2 nitrogen and oxygen atoms in total. The molecule has 90 valence electrons. The van der Waals surface area contributed by atoms with E-state index in [9.17, 15) is 4.39 Å². The largest absolute Gasteiger partial charge is 0.383 e. The van der Waals surface area contributed by atoms with Crippen LogP contribution in [0.2, 0.25) is 0 Å². The van der Waals surface area contributed by atoms with Crippen molar-refractivity contribution in [1.82, 2.24) is 5.32 Å². The van der Waals surface area contributed by atoms with Crippen molar-refractivity contribution in [2.45, 2.75) is 32.4 Å². The summed E-state index contributed by atoms with van der Waals surface area (Å²) in [6, 6.07) is 7.14. The van der Waals surface area contributed by atoms with Crippen molar-refractivity contribution in [3.8, 4) is 0 Å². The number of methoxy groups -OCH3 is 1. The van der Waals surface area contributed by atoms with Crippen LogP contribution in [-0.4, -0.2) is 19.8 Å². The predicted octanol–water partition coefficient (Wildman–Crippen LogP) is 2.90. The topological polar surface area (TPSA) is 21.3 Å². The van der Waals surface area contributed by atoms with Crippen molar-refractivity contribution in [3.63, 3.8) is 0 Å². The predicted molar refractivity (Wildman–Crippen MR) is 63.9 cm³/mol. The molecule has 3 heteroatoms. The van der Waals surface area contributed by atoms with E-state index < -0.39 is 0 Å². The lowest BCUT2D eigenvalue weighted by atomic mass is 10.1. The highest BCUT2D eigenvalue weighted by molar-refractivity contribution is 5.19. The molecule has 0 amide bonds. The molecule has 0 saturated carbocycles. The highest BCUT2D eigenvalue weighted by Crippen LogP contribution is 2.14. The van der Waals surface area contributed by atoms with Crippen LogP contribution in [0, 0.1) is 5.82 Å². The Morgan fingerprint density at radius 3 is 2.75 bits per heavy atom. The second kappa shape index (κ2) is 6.61. The van der Waals surface area contributed by atoms with Crippen LogP contribution in [0.1, 0.15) is 31.9 Å². The first-order chi connectivity index (χ1) is 7.67. The zero-order valence-corrected chi connectivity index (χ0v) is 10.2. The van der Waals surface area contributed by atoms with Gasteiger partial charge in [-0.05, 0) is 31.0 Å². The standard InChI is InChI=1S/C13H20FNO/c1-4-13(9-16-3)15-10(2)11-6-5-7-12(14)8-11/h5-8,10,13,15H,4,9H2,1-3H3. The third-order valence-corrected chi connectivity index (χ3v) is 2.70. The SMILES string of the molecule is CCC(COC)NC(C)c1cccc(F)c1. The lowest BCUT2D eigenvalue weighted by Gasteiger charge is -2.22. The normalized spacial score (nSPS) is 14.8. The molecular formula is C13H20FNO. The van der Waals surface area contributed by atoms with E-state index in [0.29, 0.717) is 12.6 Å². The van der Waals surface area contributed by atoms with Crippen LogP contribution in [0.3, 0.4) is 0 Å². The molecule has 0 fully saturated rings. The summed E-state index contributed by atoms with van der Waals surface area (Å²) >= 11 is 0. The van der Waals surface area contributed by atoms with Crippen LogP contribution < -0.4 is 5.32 Å². The molecule has 1 N–H and O–H groups in total. The minimum absolute atomic E-state index is 0.135. The van der Waals surface area contributed by atoms with Crippen LogP contribution in [0.4, 0.5) is 4.39 Å². The third kappa shape index (κ3) is 3.91. The Bertz CT molecular complexity index is 317. The van der Waals surface area contributed by atoms with E-state index in [2.05, 4.69) is 12.2 Å². The minimum Gasteiger partial charge on any atom is -0.383 e. The van der Waals surface area contributed by atoms with E-state index in [1.54, 1.807) is 19.2 Å². The average Bonchev–Trinajstić information content (AvgIpc) is 2.28. The number of ether oxygens (including phenoxy) is 1. The fraction of sp³-hybridized carbons (Fsp3) is 0.538. The minimum atomic E-state index is -0.189. The fourth-order valence-electron chi connectivity index (χ4n) is 1.71. The van der Waals surface area contributed by atoms with Gasteiger partial charge in [-0.1, -0.05) is 19.1 Å². The summed E-state index contributed by atoms with van der Waals surface area (Å²) in [6.45, 7) is 4.82. The Balaban J connectivity index is 2.60. The lowest BCUT2D eigenvalue weighted by molar-refractivity contribution is 0.159. The first kappa shape index (κ1) is 13.1. The fourth-order valence-corrected chi connectivity index (χ4v) is 1.71. The molecule has 0 heterocycles. The van der Waals surface area contributed by atoms with Crippen LogP contribution in [0.5, 0.6) is 0 Å². The zero-order chi connectivity index (χ0) is 12.0. The molecule has 0 aromatic heterocycles. The maximum Gasteiger partial charge on any atom is 0.123 e. The number of hydrogen-bond acceptors (Lipinski definition) is 2. The Hall–Kier alpha value is -0.930. The maximum atomic E-state index is 13.0. The van der Waals surface area contributed by atoms with E-state index in [-0.39, 0.29) is 11.9 Å². The molecule has 0 spiro atoms. The van der Waals surface area contributed by atoms with Gasteiger partial charge in [-0.3, -0.25) is 0 Å². The van der Waals surface area contributed by atoms with Gasteiger partial charge in [0.1, 0.15) is 5.82 Å². The van der Waals surface area contributed by atoms with Gasteiger partial charge in [0, 0.05) is 19.2 Å². The molecule has 0 radical (unpaired) electrons. The molecule has 2 atom stereocenters. The summed E-state index contributed by atoms with van der Waals surface area (Å²) in [6.07, 6.45) is 0.994. The number of nitrogens with one attached hydrogen (secondary N) is 1. The van der Waals surface area contributed by atoms with Gasteiger partial charge >= 0.3 is 0 Å². The van der Waals surface area contributed by atoms with E-state index in [4.69, 9.17) is 4.74 Å². The Kier molecular flexibility index (Phi) is 5.43. The van der Waals surface area contributed by atoms with E-state index in [0.717, 1.165) is 12.0 Å². The number of hydrogen-bond donors (Lipinski definition) is 1. The van der Waals surface area contributed by atoms with Gasteiger partial charge in [-0.15, -0.1) is 0 Å². The lowest BCUT2D eigenvalue weighted by Crippen LogP contribution is -2.34. The molecule has 16 heavy (non-hydrogen) atoms. The molecule has 1 aromatic carbocycles. The van der Waals surface area contributed by atoms with Crippen molar-refractivity contribution in [2.24, 2.45) is 0 Å². The summed E-state index contributed by atoms with van der Waals surface area (Å²) in [5, 5.41) is 3.42. The smallest absolute Gasteiger partial charge is 0.123 e. The average molecular weight is 225 g/mol. The summed E-state index contributed by atoms with van der Waals surface area (Å²) in [5.74, 6) is -0.189. The highest BCUT2D eigenvalue weighted by Gasteiger charge is 2.11. The number of halogens is 1. The first-order valence-electron chi connectivity index (χ1n) is 5.67. The van der Waals surface area contributed by atoms with Crippen LogP contribution in [0.15, 0.2) is 24.3 Å². The van der Waals surface area contributed by atoms with Gasteiger partial charge in [0.05, 0.1) is 6.61 Å². The summed E-state index contributed by atoms with van der Waals surface area (Å²) in [5.41, 5.74) is 0.967. The van der Waals surface area contributed by atoms with Crippen molar-refractivity contribution in [3.05, 3.63) is 35.6 Å². The van der Waals surface area contributed by atoms with Crippen molar-refractivity contribution in [1.29, 1.82) is 0 Å². The maximum absolute atomic E-state index is 13.0. The van der Waals surface area contributed by atoms with Crippen LogP contribution in [0.25, 0.3) is 0 Å². The van der Waals surface area contributed by atoms with E-state index in [1.807, 2.05) is 13.0 Å². The highest BCUT2D eigenvalue weighted by atomic mass is 19.1. The number of rotatable bonds is 6. The Morgan fingerprint density at radius 1 is 1.44 bits per heavy atom. The van der Waals surface area contributed by atoms with Gasteiger partial charge in [0.2, 0.25) is 0 Å². The summed E-state index contributed by atoms with van der Waals surface area (Å²) in [4.78, 5) is 0. The Labute approximate surface area is 96.8 Å². The monoisotopic (exact) mass is 225 g/mol. The summed E-state index contributed by atoms with van der Waals surface area (Å²) < 4.78 is 18.2. The first-order valence-corrected chi connectivity index (χ1v) is 5.67. The van der Waals surface area contributed by atoms with E-state index in [1.165, 1.54) is 6.07 Å². The van der Waals surface area contributed by atoms with E-state index >= 15 is 0 Å². The van der Waals surface area contributed by atoms with Gasteiger partial charge in [0.25, 0.3) is 0 Å². The van der Waals surface area contributed by atoms with Crippen LogP contribution in [-0.2, 0) is 4.74 Å². The van der Waals surface area contributed by atoms with Crippen molar-refractivity contribution >= 4 is 0 Å². The van der Waals surface area contributed by atoms with Crippen LogP contribution >= 0.6 is 0 Å². The molecule has 0 bridgehead atoms. The Morgan fingerprint density at radius 2 is 2.19 bits per heavy atom. The van der Waals surface area contributed by atoms with Gasteiger partial charge in [0.15, 0.2) is 0 Å². The van der Waals surface area contributed by atoms with Gasteiger partial charge in [-0.2, -0.15) is 0 Å². The molecule has 2 unspecified atom stereocenters.